The van der Waals surface area contributed by atoms with Crippen molar-refractivity contribution in [1.29, 1.82) is 0 Å². The molecular formula is C18H19FO2. The van der Waals surface area contributed by atoms with Crippen LogP contribution in [0, 0.1) is 5.82 Å². The van der Waals surface area contributed by atoms with Crippen molar-refractivity contribution in [2.24, 2.45) is 0 Å². The van der Waals surface area contributed by atoms with Gasteiger partial charge in [-0.05, 0) is 40.8 Å². The molecule has 0 bridgehead atoms. The van der Waals surface area contributed by atoms with Gasteiger partial charge in [0.1, 0.15) is 17.9 Å². The Hall–Kier alpha value is -2.16. The van der Waals surface area contributed by atoms with Crippen molar-refractivity contribution in [3.8, 4) is 16.9 Å². The molecule has 0 aliphatic carbocycles. The number of rotatable bonds is 3. The van der Waals surface area contributed by atoms with E-state index in [1.807, 2.05) is 6.07 Å². The second kappa shape index (κ2) is 5.68. The first-order valence-corrected chi connectivity index (χ1v) is 6.80. The number of hydrogen-bond donors (Lipinski definition) is 0. The van der Waals surface area contributed by atoms with Crippen LogP contribution >= 0.6 is 0 Å². The Morgan fingerprint density at radius 3 is 2.33 bits per heavy atom. The molecule has 3 heteroatoms. The molecule has 0 unspecified atom stereocenters. The van der Waals surface area contributed by atoms with Gasteiger partial charge in [0.15, 0.2) is 0 Å². The van der Waals surface area contributed by atoms with Crippen molar-refractivity contribution in [2.75, 3.05) is 7.11 Å². The van der Waals surface area contributed by atoms with Gasteiger partial charge < -0.3 is 4.74 Å². The summed E-state index contributed by atoms with van der Waals surface area (Å²) in [6, 6.07) is 10.0. The molecule has 2 aromatic carbocycles. The molecule has 0 N–H and O–H groups in total. The molecule has 0 saturated carbocycles. The predicted octanol–water partition coefficient (Wildman–Crippen LogP) is 4.61. The second-order valence-corrected chi connectivity index (χ2v) is 6.02. The predicted molar refractivity (Wildman–Crippen MR) is 82.5 cm³/mol. The third kappa shape index (κ3) is 3.13. The fourth-order valence-corrected chi connectivity index (χ4v) is 2.35. The average molecular weight is 286 g/mol. The lowest BCUT2D eigenvalue weighted by Crippen LogP contribution is -2.13. The van der Waals surface area contributed by atoms with Crippen molar-refractivity contribution < 1.29 is 13.9 Å². The summed E-state index contributed by atoms with van der Waals surface area (Å²) in [5, 5.41) is 0. The number of carbonyl (C=O) groups is 1. The van der Waals surface area contributed by atoms with Crippen LogP contribution in [0.5, 0.6) is 5.75 Å². The van der Waals surface area contributed by atoms with E-state index < -0.39 is 0 Å². The van der Waals surface area contributed by atoms with Gasteiger partial charge in [0.25, 0.3) is 0 Å². The molecule has 0 aliphatic rings. The Labute approximate surface area is 124 Å². The van der Waals surface area contributed by atoms with E-state index in [9.17, 15) is 9.18 Å². The molecule has 0 spiro atoms. The van der Waals surface area contributed by atoms with Crippen LogP contribution in [0.4, 0.5) is 4.39 Å². The Morgan fingerprint density at radius 1 is 1.05 bits per heavy atom. The van der Waals surface area contributed by atoms with E-state index in [0.717, 1.165) is 17.4 Å². The average Bonchev–Trinajstić information content (AvgIpc) is 2.46. The highest BCUT2D eigenvalue weighted by Gasteiger charge is 2.21. The Morgan fingerprint density at radius 2 is 1.76 bits per heavy atom. The van der Waals surface area contributed by atoms with Gasteiger partial charge >= 0.3 is 0 Å². The van der Waals surface area contributed by atoms with Crippen LogP contribution in [0.25, 0.3) is 11.1 Å². The van der Waals surface area contributed by atoms with E-state index in [-0.39, 0.29) is 11.2 Å². The lowest BCUT2D eigenvalue weighted by molar-refractivity contribution is 0.112. The summed E-state index contributed by atoms with van der Waals surface area (Å²) in [6.45, 7) is 6.18. The quantitative estimate of drug-likeness (QED) is 0.770. The number of benzene rings is 2. The minimum absolute atomic E-state index is 0.160. The maximum atomic E-state index is 14.3. The summed E-state index contributed by atoms with van der Waals surface area (Å²) in [7, 11) is 1.55. The molecule has 2 aromatic rings. The van der Waals surface area contributed by atoms with Gasteiger partial charge in [-0.25, -0.2) is 4.39 Å². The zero-order chi connectivity index (χ0) is 15.6. The number of aldehydes is 1. The van der Waals surface area contributed by atoms with Crippen LogP contribution in [-0.2, 0) is 5.41 Å². The van der Waals surface area contributed by atoms with Gasteiger partial charge in [-0.15, -0.1) is 0 Å². The van der Waals surface area contributed by atoms with Crippen molar-refractivity contribution in [3.63, 3.8) is 0 Å². The van der Waals surface area contributed by atoms with Gasteiger partial charge in [0.2, 0.25) is 0 Å². The van der Waals surface area contributed by atoms with Gasteiger partial charge in [0, 0.05) is 11.1 Å². The fraction of sp³-hybridized carbons (Fsp3) is 0.278. The number of hydrogen-bond acceptors (Lipinski definition) is 2. The molecule has 0 saturated heterocycles. The minimum Gasteiger partial charge on any atom is -0.497 e. The highest BCUT2D eigenvalue weighted by atomic mass is 19.1. The van der Waals surface area contributed by atoms with Crippen molar-refractivity contribution in [1.82, 2.24) is 0 Å². The first-order chi connectivity index (χ1) is 9.86. The van der Waals surface area contributed by atoms with E-state index in [0.29, 0.717) is 16.9 Å². The maximum Gasteiger partial charge on any atom is 0.150 e. The molecule has 21 heavy (non-hydrogen) atoms. The third-order valence-electron chi connectivity index (χ3n) is 3.45. The summed E-state index contributed by atoms with van der Waals surface area (Å²) in [4.78, 5) is 11.0. The minimum atomic E-state index is -0.329. The van der Waals surface area contributed by atoms with Crippen molar-refractivity contribution >= 4 is 6.29 Å². The van der Waals surface area contributed by atoms with Gasteiger partial charge in [-0.2, -0.15) is 0 Å². The SMILES string of the molecule is COc1ccc(F)c(-c2cc(C=O)ccc2C(C)(C)C)c1. The normalized spacial score (nSPS) is 11.3. The Bertz CT molecular complexity index is 669. The molecule has 0 atom stereocenters. The Balaban J connectivity index is 2.74. The van der Waals surface area contributed by atoms with E-state index in [2.05, 4.69) is 20.8 Å². The van der Waals surface area contributed by atoms with Crippen LogP contribution in [-0.4, -0.2) is 13.4 Å². The third-order valence-corrected chi connectivity index (χ3v) is 3.45. The summed E-state index contributed by atoms with van der Waals surface area (Å²) in [5.41, 5.74) is 2.53. The first kappa shape index (κ1) is 15.2. The molecule has 0 aliphatic heterocycles. The molecule has 0 aromatic heterocycles. The summed E-state index contributed by atoms with van der Waals surface area (Å²) >= 11 is 0. The zero-order valence-electron chi connectivity index (χ0n) is 12.7. The maximum absolute atomic E-state index is 14.3. The Kier molecular flexibility index (Phi) is 4.12. The topological polar surface area (TPSA) is 26.3 Å². The molecule has 110 valence electrons. The van der Waals surface area contributed by atoms with Crippen LogP contribution < -0.4 is 4.74 Å². The van der Waals surface area contributed by atoms with Gasteiger partial charge in [0.05, 0.1) is 7.11 Å². The van der Waals surface area contributed by atoms with Gasteiger partial charge in [-0.1, -0.05) is 32.9 Å². The lowest BCUT2D eigenvalue weighted by atomic mass is 9.81. The molecule has 2 rings (SSSR count). The largest absolute Gasteiger partial charge is 0.497 e. The van der Waals surface area contributed by atoms with Crippen LogP contribution in [0.15, 0.2) is 36.4 Å². The first-order valence-electron chi connectivity index (χ1n) is 6.80. The van der Waals surface area contributed by atoms with E-state index in [1.54, 1.807) is 31.4 Å². The molecular weight excluding hydrogens is 267 g/mol. The van der Waals surface area contributed by atoms with E-state index in [1.165, 1.54) is 6.07 Å². The molecule has 0 heterocycles. The highest BCUT2D eigenvalue weighted by molar-refractivity contribution is 5.81. The monoisotopic (exact) mass is 286 g/mol. The number of carbonyl (C=O) groups excluding carboxylic acids is 1. The smallest absolute Gasteiger partial charge is 0.150 e. The van der Waals surface area contributed by atoms with Crippen LogP contribution in [0.2, 0.25) is 0 Å². The van der Waals surface area contributed by atoms with Crippen molar-refractivity contribution in [3.05, 3.63) is 53.3 Å². The number of ether oxygens (including phenoxy) is 1. The molecule has 2 nitrogen and oxygen atoms in total. The summed E-state index contributed by atoms with van der Waals surface area (Å²) in [5.74, 6) is 0.257. The van der Waals surface area contributed by atoms with E-state index >= 15 is 0 Å². The summed E-state index contributed by atoms with van der Waals surface area (Å²) < 4.78 is 19.4. The molecule has 0 fully saturated rings. The standard InChI is InChI=1S/C18H19FO2/c1-18(2,3)16-7-5-12(11-20)9-14(16)15-10-13(21-4)6-8-17(15)19/h5-11H,1-4H3. The number of methoxy groups -OCH3 is 1. The fourth-order valence-electron chi connectivity index (χ4n) is 2.35. The molecule has 0 radical (unpaired) electrons. The lowest BCUT2D eigenvalue weighted by Gasteiger charge is -2.24. The van der Waals surface area contributed by atoms with Crippen molar-refractivity contribution in [2.45, 2.75) is 26.2 Å². The second-order valence-electron chi connectivity index (χ2n) is 6.02. The zero-order valence-corrected chi connectivity index (χ0v) is 12.7. The van der Waals surface area contributed by atoms with Gasteiger partial charge in [-0.3, -0.25) is 4.79 Å². The van der Waals surface area contributed by atoms with Crippen LogP contribution in [0.3, 0.4) is 0 Å². The molecule has 0 amide bonds. The highest BCUT2D eigenvalue weighted by Crippen LogP contribution is 2.36. The van der Waals surface area contributed by atoms with E-state index in [4.69, 9.17) is 4.74 Å². The van der Waals surface area contributed by atoms with Crippen LogP contribution in [0.1, 0.15) is 36.7 Å². The number of halogens is 1. The summed E-state index contributed by atoms with van der Waals surface area (Å²) in [6.07, 6.45) is 0.772.